The summed E-state index contributed by atoms with van der Waals surface area (Å²) in [7, 11) is 0. The number of hydrogen-bond donors (Lipinski definition) is 3. The van der Waals surface area contributed by atoms with Gasteiger partial charge in [-0.1, -0.05) is 30.3 Å². The van der Waals surface area contributed by atoms with Crippen LogP contribution in [-0.4, -0.2) is 67.6 Å². The summed E-state index contributed by atoms with van der Waals surface area (Å²) in [6.45, 7) is 3.25. The number of rotatable bonds is 10. The molecule has 2 unspecified atom stereocenters. The van der Waals surface area contributed by atoms with E-state index < -0.39 is 12.1 Å². The van der Waals surface area contributed by atoms with Gasteiger partial charge in [0.2, 0.25) is 0 Å². The molecule has 8 nitrogen and oxygen atoms in total. The smallest absolute Gasteiger partial charge is 0.317 e. The molecule has 8 heteroatoms. The third-order valence-corrected chi connectivity index (χ3v) is 5.04. The van der Waals surface area contributed by atoms with E-state index in [1.54, 1.807) is 17.0 Å². The van der Waals surface area contributed by atoms with Crippen molar-refractivity contribution in [2.75, 3.05) is 39.5 Å². The molecule has 2 amide bonds. The van der Waals surface area contributed by atoms with Crippen LogP contribution in [0.2, 0.25) is 0 Å². The lowest BCUT2D eigenvalue weighted by molar-refractivity contribution is 0.0528. The van der Waals surface area contributed by atoms with E-state index in [4.69, 9.17) is 19.9 Å². The van der Waals surface area contributed by atoms with Crippen LogP contribution in [0.4, 0.5) is 4.79 Å². The van der Waals surface area contributed by atoms with E-state index in [9.17, 15) is 9.90 Å². The van der Waals surface area contributed by atoms with Gasteiger partial charge in [0.25, 0.3) is 0 Å². The maximum absolute atomic E-state index is 12.0. The van der Waals surface area contributed by atoms with Gasteiger partial charge in [-0.05, 0) is 36.2 Å². The van der Waals surface area contributed by atoms with Gasteiger partial charge < -0.3 is 35.3 Å². The molecule has 0 bridgehead atoms. The fraction of sp³-hybridized carbons (Fsp3) is 0.435. The number of aliphatic hydroxyl groups excluding tert-OH is 1. The first kappa shape index (κ1) is 22.9. The van der Waals surface area contributed by atoms with Crippen molar-refractivity contribution in [3.63, 3.8) is 0 Å². The SMILES string of the molecule is NC(CCNC(=O)N1CCOCC1)C(O)COc1ccc(OCc2ccccc2)cc1. The monoisotopic (exact) mass is 429 g/mol. The van der Waals surface area contributed by atoms with Crippen LogP contribution in [-0.2, 0) is 11.3 Å². The topological polar surface area (TPSA) is 106 Å². The zero-order valence-electron chi connectivity index (χ0n) is 17.6. The zero-order valence-corrected chi connectivity index (χ0v) is 17.6. The van der Waals surface area contributed by atoms with Crippen LogP contribution in [0, 0.1) is 0 Å². The van der Waals surface area contributed by atoms with Crippen molar-refractivity contribution in [3.05, 3.63) is 60.2 Å². The highest BCUT2D eigenvalue weighted by Crippen LogP contribution is 2.19. The van der Waals surface area contributed by atoms with Gasteiger partial charge in [-0.25, -0.2) is 4.79 Å². The summed E-state index contributed by atoms with van der Waals surface area (Å²) >= 11 is 0. The zero-order chi connectivity index (χ0) is 21.9. The Kier molecular flexibility index (Phi) is 8.96. The summed E-state index contributed by atoms with van der Waals surface area (Å²) in [6.07, 6.45) is -0.387. The normalized spacial score (nSPS) is 15.7. The molecule has 2 aromatic carbocycles. The first-order valence-electron chi connectivity index (χ1n) is 10.6. The Balaban J connectivity index is 1.32. The predicted octanol–water partition coefficient (Wildman–Crippen LogP) is 1.76. The number of morpholine rings is 1. The second-order valence-electron chi connectivity index (χ2n) is 7.41. The van der Waals surface area contributed by atoms with Gasteiger partial charge in [-0.3, -0.25) is 0 Å². The fourth-order valence-electron chi connectivity index (χ4n) is 3.09. The van der Waals surface area contributed by atoms with Crippen LogP contribution < -0.4 is 20.5 Å². The number of urea groups is 1. The molecular weight excluding hydrogens is 398 g/mol. The van der Waals surface area contributed by atoms with Crippen LogP contribution in [0.1, 0.15) is 12.0 Å². The highest BCUT2D eigenvalue weighted by Gasteiger charge is 2.18. The second-order valence-corrected chi connectivity index (χ2v) is 7.41. The standard InChI is InChI=1S/C23H31N3O5/c24-21(10-11-25-23(28)26-12-14-29-15-13-26)22(27)17-31-20-8-6-19(7-9-20)30-16-18-4-2-1-3-5-18/h1-9,21-22,27H,10-17,24H2,(H,25,28). The number of hydrogen-bond acceptors (Lipinski definition) is 6. The van der Waals surface area contributed by atoms with Gasteiger partial charge in [0.15, 0.2) is 0 Å². The van der Waals surface area contributed by atoms with E-state index in [-0.39, 0.29) is 12.6 Å². The quantitative estimate of drug-likeness (QED) is 0.531. The molecule has 1 aliphatic rings. The molecule has 3 rings (SSSR count). The summed E-state index contributed by atoms with van der Waals surface area (Å²) in [5.74, 6) is 1.36. The third-order valence-electron chi connectivity index (χ3n) is 5.04. The molecule has 4 N–H and O–H groups in total. The van der Waals surface area contributed by atoms with E-state index in [1.165, 1.54) is 0 Å². The van der Waals surface area contributed by atoms with Crippen molar-refractivity contribution in [1.82, 2.24) is 10.2 Å². The minimum absolute atomic E-state index is 0.0722. The number of ether oxygens (including phenoxy) is 3. The molecule has 168 valence electrons. The summed E-state index contributed by atoms with van der Waals surface area (Å²) < 4.78 is 16.6. The number of aliphatic hydroxyl groups is 1. The van der Waals surface area contributed by atoms with Crippen molar-refractivity contribution >= 4 is 6.03 Å². The molecule has 0 radical (unpaired) electrons. The van der Waals surface area contributed by atoms with E-state index >= 15 is 0 Å². The molecule has 2 atom stereocenters. The molecule has 0 saturated carbocycles. The third kappa shape index (κ3) is 7.75. The Morgan fingerprint density at radius 1 is 1.06 bits per heavy atom. The first-order chi connectivity index (χ1) is 15.1. The maximum Gasteiger partial charge on any atom is 0.317 e. The van der Waals surface area contributed by atoms with Crippen molar-refractivity contribution in [1.29, 1.82) is 0 Å². The number of nitrogens with one attached hydrogen (secondary N) is 1. The van der Waals surface area contributed by atoms with Crippen molar-refractivity contribution in [3.8, 4) is 11.5 Å². The molecule has 0 spiro atoms. The van der Waals surface area contributed by atoms with Crippen LogP contribution in [0.15, 0.2) is 54.6 Å². The molecule has 1 heterocycles. The van der Waals surface area contributed by atoms with Gasteiger partial charge in [0.1, 0.15) is 30.8 Å². The van der Waals surface area contributed by atoms with E-state index in [0.717, 1.165) is 11.3 Å². The molecule has 1 aliphatic heterocycles. The van der Waals surface area contributed by atoms with Crippen LogP contribution in [0.3, 0.4) is 0 Å². The molecule has 1 fully saturated rings. The predicted molar refractivity (Wildman–Crippen MR) is 117 cm³/mol. The van der Waals surface area contributed by atoms with Crippen LogP contribution >= 0.6 is 0 Å². The summed E-state index contributed by atoms with van der Waals surface area (Å²) in [6, 6.07) is 16.5. The molecule has 0 aliphatic carbocycles. The van der Waals surface area contributed by atoms with E-state index in [0.29, 0.717) is 51.6 Å². The Morgan fingerprint density at radius 2 is 1.71 bits per heavy atom. The fourth-order valence-corrected chi connectivity index (χ4v) is 3.09. The lowest BCUT2D eigenvalue weighted by Gasteiger charge is -2.27. The first-order valence-corrected chi connectivity index (χ1v) is 10.6. The number of benzene rings is 2. The number of amides is 2. The largest absolute Gasteiger partial charge is 0.491 e. The van der Waals surface area contributed by atoms with Gasteiger partial charge in [-0.15, -0.1) is 0 Å². The van der Waals surface area contributed by atoms with Crippen molar-refractivity contribution < 1.29 is 24.1 Å². The lowest BCUT2D eigenvalue weighted by Crippen LogP contribution is -2.47. The van der Waals surface area contributed by atoms with Crippen LogP contribution in [0.25, 0.3) is 0 Å². The van der Waals surface area contributed by atoms with Crippen molar-refractivity contribution in [2.24, 2.45) is 5.73 Å². The molecule has 31 heavy (non-hydrogen) atoms. The Morgan fingerprint density at radius 3 is 2.39 bits per heavy atom. The molecular formula is C23H31N3O5. The highest BCUT2D eigenvalue weighted by atomic mass is 16.5. The van der Waals surface area contributed by atoms with E-state index in [2.05, 4.69) is 5.32 Å². The number of nitrogens with two attached hydrogens (primary N) is 1. The average Bonchev–Trinajstić information content (AvgIpc) is 2.83. The second kappa shape index (κ2) is 12.1. The van der Waals surface area contributed by atoms with Gasteiger partial charge in [0.05, 0.1) is 13.2 Å². The van der Waals surface area contributed by atoms with Gasteiger partial charge in [0, 0.05) is 25.7 Å². The minimum Gasteiger partial charge on any atom is -0.491 e. The number of carbonyl (C=O) groups excluding carboxylic acids is 1. The summed E-state index contributed by atoms with van der Waals surface area (Å²) in [5.41, 5.74) is 7.13. The van der Waals surface area contributed by atoms with Gasteiger partial charge >= 0.3 is 6.03 Å². The molecule has 1 saturated heterocycles. The lowest BCUT2D eigenvalue weighted by atomic mass is 10.1. The molecule has 0 aromatic heterocycles. The van der Waals surface area contributed by atoms with Crippen molar-refractivity contribution in [2.45, 2.75) is 25.2 Å². The summed E-state index contributed by atoms with van der Waals surface area (Å²) in [5, 5.41) is 13.1. The Labute approximate surface area is 182 Å². The minimum atomic E-state index is -0.839. The number of nitrogens with zero attached hydrogens (tertiary/aromatic N) is 1. The maximum atomic E-state index is 12.0. The number of carbonyl (C=O) groups is 1. The van der Waals surface area contributed by atoms with E-state index in [1.807, 2.05) is 42.5 Å². The summed E-state index contributed by atoms with van der Waals surface area (Å²) in [4.78, 5) is 13.7. The van der Waals surface area contributed by atoms with Crippen LogP contribution in [0.5, 0.6) is 11.5 Å². The van der Waals surface area contributed by atoms with Gasteiger partial charge in [-0.2, -0.15) is 0 Å². The Hall–Kier alpha value is -2.81. The average molecular weight is 430 g/mol. The Bertz CT molecular complexity index is 782. The highest BCUT2D eigenvalue weighted by molar-refractivity contribution is 5.74. The molecule has 2 aromatic rings.